The second-order valence-electron chi connectivity index (χ2n) is 6.31. The summed E-state index contributed by atoms with van der Waals surface area (Å²) < 4.78 is 11.6. The lowest BCUT2D eigenvalue weighted by molar-refractivity contribution is -0.224. The molecule has 0 amide bonds. The van der Waals surface area contributed by atoms with E-state index in [1.807, 2.05) is 6.92 Å². The highest BCUT2D eigenvalue weighted by Crippen LogP contribution is 2.36. The first-order valence-electron chi connectivity index (χ1n) is 8.45. The van der Waals surface area contributed by atoms with Crippen molar-refractivity contribution >= 4 is 0 Å². The second-order valence-corrected chi connectivity index (χ2v) is 6.31. The maximum atomic E-state index is 5.79. The van der Waals surface area contributed by atoms with Crippen LogP contribution in [0.15, 0.2) is 0 Å². The van der Waals surface area contributed by atoms with E-state index < -0.39 is 0 Å². The van der Waals surface area contributed by atoms with Gasteiger partial charge in [0, 0.05) is 5.41 Å². The van der Waals surface area contributed by atoms with Gasteiger partial charge in [-0.15, -0.1) is 0 Å². The standard InChI is InChI=1S/C17H34O2/c1-4-6-8-10-12-17(13-11-9-7-5-2)14-18-16(3)19-15-17/h16H,4-15H2,1-3H3. The van der Waals surface area contributed by atoms with Crippen molar-refractivity contribution in [2.45, 2.75) is 91.3 Å². The van der Waals surface area contributed by atoms with Crippen molar-refractivity contribution < 1.29 is 9.47 Å². The summed E-state index contributed by atoms with van der Waals surface area (Å²) >= 11 is 0. The van der Waals surface area contributed by atoms with Crippen LogP contribution in [-0.4, -0.2) is 19.5 Å². The van der Waals surface area contributed by atoms with E-state index >= 15 is 0 Å². The van der Waals surface area contributed by atoms with Crippen molar-refractivity contribution in [2.24, 2.45) is 5.41 Å². The van der Waals surface area contributed by atoms with E-state index in [-0.39, 0.29) is 6.29 Å². The molecule has 0 atom stereocenters. The van der Waals surface area contributed by atoms with Crippen LogP contribution in [0.1, 0.15) is 85.0 Å². The molecule has 0 unspecified atom stereocenters. The van der Waals surface area contributed by atoms with Crippen LogP contribution in [0.25, 0.3) is 0 Å². The smallest absolute Gasteiger partial charge is 0.154 e. The third kappa shape index (κ3) is 6.76. The van der Waals surface area contributed by atoms with Gasteiger partial charge in [0.15, 0.2) is 6.29 Å². The van der Waals surface area contributed by atoms with E-state index in [1.54, 1.807) is 0 Å². The molecule has 1 aliphatic heterocycles. The first-order valence-corrected chi connectivity index (χ1v) is 8.45. The zero-order valence-electron chi connectivity index (χ0n) is 13.4. The molecular weight excluding hydrogens is 236 g/mol. The molecule has 0 aromatic rings. The van der Waals surface area contributed by atoms with Gasteiger partial charge in [-0.3, -0.25) is 0 Å². The minimum Gasteiger partial charge on any atom is -0.352 e. The third-order valence-corrected chi connectivity index (χ3v) is 4.37. The molecule has 1 aliphatic rings. The predicted molar refractivity (Wildman–Crippen MR) is 81.3 cm³/mol. The van der Waals surface area contributed by atoms with Gasteiger partial charge in [-0.1, -0.05) is 65.2 Å². The molecule has 0 N–H and O–H groups in total. The quantitative estimate of drug-likeness (QED) is 0.501. The Morgan fingerprint density at radius 1 is 0.789 bits per heavy atom. The molecule has 114 valence electrons. The minimum atomic E-state index is -0.000548. The summed E-state index contributed by atoms with van der Waals surface area (Å²) in [4.78, 5) is 0. The first kappa shape index (κ1) is 17.0. The SMILES string of the molecule is CCCCCCC1(CCCCCC)COC(C)OC1. The van der Waals surface area contributed by atoms with Gasteiger partial charge in [0.1, 0.15) is 0 Å². The van der Waals surface area contributed by atoms with Gasteiger partial charge >= 0.3 is 0 Å². The highest BCUT2D eigenvalue weighted by Gasteiger charge is 2.34. The Hall–Kier alpha value is -0.0800. The molecule has 19 heavy (non-hydrogen) atoms. The maximum absolute atomic E-state index is 5.79. The molecular formula is C17H34O2. The van der Waals surface area contributed by atoms with Gasteiger partial charge in [0.2, 0.25) is 0 Å². The van der Waals surface area contributed by atoms with Crippen LogP contribution in [0.5, 0.6) is 0 Å². The summed E-state index contributed by atoms with van der Waals surface area (Å²) in [5.74, 6) is 0. The van der Waals surface area contributed by atoms with E-state index in [9.17, 15) is 0 Å². The van der Waals surface area contributed by atoms with Crippen molar-refractivity contribution in [3.8, 4) is 0 Å². The van der Waals surface area contributed by atoms with Crippen LogP contribution < -0.4 is 0 Å². The molecule has 0 bridgehead atoms. The predicted octanol–water partition coefficient (Wildman–Crippen LogP) is 5.31. The van der Waals surface area contributed by atoms with Crippen molar-refractivity contribution in [3.63, 3.8) is 0 Å². The summed E-state index contributed by atoms with van der Waals surface area (Å²) in [6.07, 6.45) is 13.3. The van der Waals surface area contributed by atoms with Gasteiger partial charge in [-0.25, -0.2) is 0 Å². The Bertz CT molecular complexity index is 193. The number of hydrogen-bond donors (Lipinski definition) is 0. The van der Waals surface area contributed by atoms with Gasteiger partial charge in [0.25, 0.3) is 0 Å². The highest BCUT2D eigenvalue weighted by molar-refractivity contribution is 4.81. The molecule has 2 nitrogen and oxygen atoms in total. The van der Waals surface area contributed by atoms with Crippen LogP contribution >= 0.6 is 0 Å². The first-order chi connectivity index (χ1) is 9.22. The van der Waals surface area contributed by atoms with E-state index in [0.717, 1.165) is 13.2 Å². The Labute approximate surface area is 120 Å². The average molecular weight is 270 g/mol. The van der Waals surface area contributed by atoms with E-state index in [2.05, 4.69) is 13.8 Å². The number of unbranched alkanes of at least 4 members (excludes halogenated alkanes) is 6. The molecule has 0 aromatic carbocycles. The molecule has 1 fully saturated rings. The molecule has 0 saturated carbocycles. The van der Waals surface area contributed by atoms with E-state index in [0.29, 0.717) is 5.41 Å². The van der Waals surface area contributed by atoms with Crippen LogP contribution in [0.2, 0.25) is 0 Å². The van der Waals surface area contributed by atoms with Crippen LogP contribution in [-0.2, 0) is 9.47 Å². The summed E-state index contributed by atoms with van der Waals surface area (Å²) in [7, 11) is 0. The Kier molecular flexibility index (Phi) is 8.72. The zero-order valence-corrected chi connectivity index (χ0v) is 13.4. The zero-order chi connectivity index (χ0) is 14.0. The topological polar surface area (TPSA) is 18.5 Å². The molecule has 1 heterocycles. The molecule has 0 spiro atoms. The lowest BCUT2D eigenvalue weighted by Gasteiger charge is -2.39. The summed E-state index contributed by atoms with van der Waals surface area (Å²) in [5.41, 5.74) is 0.313. The lowest BCUT2D eigenvalue weighted by Crippen LogP contribution is -2.40. The fraction of sp³-hybridized carbons (Fsp3) is 1.00. The summed E-state index contributed by atoms with van der Waals surface area (Å²) in [6, 6.07) is 0. The number of hydrogen-bond acceptors (Lipinski definition) is 2. The third-order valence-electron chi connectivity index (χ3n) is 4.37. The number of ether oxygens (including phenoxy) is 2. The molecule has 0 aliphatic carbocycles. The molecule has 0 radical (unpaired) electrons. The monoisotopic (exact) mass is 270 g/mol. The second kappa shape index (κ2) is 9.77. The Morgan fingerprint density at radius 3 is 1.68 bits per heavy atom. The van der Waals surface area contributed by atoms with Gasteiger partial charge < -0.3 is 9.47 Å². The molecule has 2 heteroatoms. The fourth-order valence-corrected chi connectivity index (χ4v) is 2.95. The van der Waals surface area contributed by atoms with Crippen LogP contribution in [0, 0.1) is 5.41 Å². The molecule has 0 aromatic heterocycles. The van der Waals surface area contributed by atoms with Crippen molar-refractivity contribution in [3.05, 3.63) is 0 Å². The van der Waals surface area contributed by atoms with Crippen molar-refractivity contribution in [1.82, 2.24) is 0 Å². The summed E-state index contributed by atoms with van der Waals surface area (Å²) in [5, 5.41) is 0. The fourth-order valence-electron chi connectivity index (χ4n) is 2.95. The van der Waals surface area contributed by atoms with E-state index in [1.165, 1.54) is 64.2 Å². The van der Waals surface area contributed by atoms with Crippen molar-refractivity contribution in [1.29, 1.82) is 0 Å². The average Bonchev–Trinajstić information content (AvgIpc) is 2.43. The van der Waals surface area contributed by atoms with Crippen LogP contribution in [0.3, 0.4) is 0 Å². The maximum Gasteiger partial charge on any atom is 0.154 e. The molecule has 1 saturated heterocycles. The summed E-state index contributed by atoms with van der Waals surface area (Å²) in [6.45, 7) is 8.38. The molecule has 1 rings (SSSR count). The van der Waals surface area contributed by atoms with Crippen LogP contribution in [0.4, 0.5) is 0 Å². The normalized spacial score (nSPS) is 19.7. The van der Waals surface area contributed by atoms with Gasteiger partial charge in [0.05, 0.1) is 13.2 Å². The number of rotatable bonds is 10. The van der Waals surface area contributed by atoms with Gasteiger partial charge in [-0.05, 0) is 19.8 Å². The van der Waals surface area contributed by atoms with Gasteiger partial charge in [-0.2, -0.15) is 0 Å². The van der Waals surface area contributed by atoms with Crippen molar-refractivity contribution in [2.75, 3.05) is 13.2 Å². The van der Waals surface area contributed by atoms with E-state index in [4.69, 9.17) is 9.47 Å². The lowest BCUT2D eigenvalue weighted by atomic mass is 9.78. The Balaban J connectivity index is 2.33. The minimum absolute atomic E-state index is 0.000548. The Morgan fingerprint density at radius 2 is 1.26 bits per heavy atom. The highest BCUT2D eigenvalue weighted by atomic mass is 16.7. The largest absolute Gasteiger partial charge is 0.352 e.